The van der Waals surface area contributed by atoms with E-state index in [2.05, 4.69) is 11.3 Å². The van der Waals surface area contributed by atoms with Gasteiger partial charge in [-0.25, -0.2) is 13.6 Å². The molecular formula is C15H14F4O6. The van der Waals surface area contributed by atoms with Crippen LogP contribution in [0.1, 0.15) is 6.42 Å². The first-order valence-electron chi connectivity index (χ1n) is 7.53. The molecule has 2 bridgehead atoms. The van der Waals surface area contributed by atoms with Gasteiger partial charge in [-0.2, -0.15) is 8.78 Å². The van der Waals surface area contributed by atoms with E-state index in [1.165, 1.54) is 0 Å². The largest absolute Gasteiger partial charge is 0.459 e. The first kappa shape index (κ1) is 17.7. The Labute approximate surface area is 139 Å². The fourth-order valence-electron chi connectivity index (χ4n) is 3.98. The normalized spacial score (nSPS) is 35.6. The van der Waals surface area contributed by atoms with E-state index in [0.29, 0.717) is 6.42 Å². The third-order valence-corrected chi connectivity index (χ3v) is 4.96. The van der Waals surface area contributed by atoms with Crippen LogP contribution in [0.15, 0.2) is 12.7 Å². The summed E-state index contributed by atoms with van der Waals surface area (Å²) in [4.78, 5) is 35.6. The molecule has 25 heavy (non-hydrogen) atoms. The van der Waals surface area contributed by atoms with Crippen LogP contribution in [0.4, 0.5) is 17.6 Å². The van der Waals surface area contributed by atoms with Crippen molar-refractivity contribution in [1.29, 1.82) is 0 Å². The number of rotatable bonds is 6. The van der Waals surface area contributed by atoms with E-state index in [-0.39, 0.29) is 0 Å². The lowest BCUT2D eigenvalue weighted by Gasteiger charge is -2.30. The Morgan fingerprint density at radius 3 is 2.64 bits per heavy atom. The van der Waals surface area contributed by atoms with Crippen LogP contribution in [0.3, 0.4) is 0 Å². The second-order valence-corrected chi connectivity index (χ2v) is 6.29. The maximum atomic E-state index is 12.9. The van der Waals surface area contributed by atoms with Gasteiger partial charge in [-0.1, -0.05) is 6.58 Å². The monoisotopic (exact) mass is 366 g/mol. The van der Waals surface area contributed by atoms with Crippen molar-refractivity contribution < 1.29 is 46.2 Å². The number of fused-ring (bicyclic) bond motifs is 1. The summed E-state index contributed by atoms with van der Waals surface area (Å²) in [5, 5.41) is 0. The number of alkyl halides is 4. The zero-order chi connectivity index (χ0) is 18.5. The Morgan fingerprint density at radius 2 is 2.04 bits per heavy atom. The minimum Gasteiger partial charge on any atom is -0.459 e. The molecule has 0 aromatic carbocycles. The molecule has 0 N–H and O–H groups in total. The van der Waals surface area contributed by atoms with Crippen molar-refractivity contribution in [2.75, 3.05) is 6.61 Å². The van der Waals surface area contributed by atoms with Crippen LogP contribution in [0, 0.1) is 23.7 Å². The number of hydrogen-bond donors (Lipinski definition) is 0. The molecule has 0 aromatic heterocycles. The van der Waals surface area contributed by atoms with Crippen LogP contribution in [-0.2, 0) is 28.6 Å². The van der Waals surface area contributed by atoms with Crippen molar-refractivity contribution >= 4 is 17.9 Å². The molecule has 6 atom stereocenters. The highest BCUT2D eigenvalue weighted by Gasteiger charge is 2.70. The lowest BCUT2D eigenvalue weighted by atomic mass is 9.78. The lowest BCUT2D eigenvalue weighted by molar-refractivity contribution is -0.187. The number of carbonyl (C=O) groups is 3. The number of carbonyl (C=O) groups excluding carboxylic acids is 3. The molecular weight excluding hydrogens is 352 g/mol. The van der Waals surface area contributed by atoms with Gasteiger partial charge >= 0.3 is 30.3 Å². The molecule has 0 radical (unpaired) electrons. The molecule has 3 fully saturated rings. The minimum absolute atomic E-state index is 0.307. The third kappa shape index (κ3) is 2.77. The van der Waals surface area contributed by atoms with Gasteiger partial charge < -0.3 is 14.2 Å². The van der Waals surface area contributed by atoms with Gasteiger partial charge in [0.2, 0.25) is 0 Å². The first-order valence-corrected chi connectivity index (χ1v) is 7.53. The molecule has 10 heteroatoms. The van der Waals surface area contributed by atoms with E-state index >= 15 is 0 Å². The zero-order valence-electron chi connectivity index (χ0n) is 12.7. The quantitative estimate of drug-likeness (QED) is 0.306. The van der Waals surface area contributed by atoms with Gasteiger partial charge in [0.1, 0.15) is 12.2 Å². The first-order chi connectivity index (χ1) is 11.7. The summed E-state index contributed by atoms with van der Waals surface area (Å²) in [6.07, 6.45) is -4.41. The predicted molar refractivity (Wildman–Crippen MR) is 70.4 cm³/mol. The van der Waals surface area contributed by atoms with E-state index in [1.807, 2.05) is 0 Å². The summed E-state index contributed by atoms with van der Waals surface area (Å²) in [5.41, 5.74) is 0. The fraction of sp³-hybridized carbons (Fsp3) is 0.667. The third-order valence-electron chi connectivity index (χ3n) is 4.96. The maximum absolute atomic E-state index is 12.9. The van der Waals surface area contributed by atoms with E-state index in [9.17, 15) is 31.9 Å². The maximum Gasteiger partial charge on any atom is 0.340 e. The van der Waals surface area contributed by atoms with Gasteiger partial charge in [-0.3, -0.25) is 9.59 Å². The van der Waals surface area contributed by atoms with Gasteiger partial charge in [-0.15, -0.1) is 0 Å². The Bertz CT molecular complexity index is 621. The molecule has 2 saturated carbocycles. The summed E-state index contributed by atoms with van der Waals surface area (Å²) < 4.78 is 64.8. The number of hydrogen-bond acceptors (Lipinski definition) is 6. The van der Waals surface area contributed by atoms with Gasteiger partial charge in [0.05, 0.1) is 11.8 Å². The average Bonchev–Trinajstić information content (AvgIpc) is 3.15. The van der Waals surface area contributed by atoms with Crippen LogP contribution in [0.25, 0.3) is 0 Å². The van der Waals surface area contributed by atoms with Crippen LogP contribution in [-0.4, -0.2) is 49.1 Å². The Kier molecular flexibility index (Phi) is 4.24. The molecule has 138 valence electrons. The van der Waals surface area contributed by atoms with Gasteiger partial charge in [0, 0.05) is 17.9 Å². The summed E-state index contributed by atoms with van der Waals surface area (Å²) in [6, 6.07) is 0. The molecule has 0 amide bonds. The number of halogens is 4. The summed E-state index contributed by atoms with van der Waals surface area (Å²) >= 11 is 0. The fourth-order valence-corrected chi connectivity index (χ4v) is 3.98. The SMILES string of the molecule is C=CC(=O)OC1C2CC3C1OC(=O)C3C2C(=O)OCC(F)(F)C(F)F. The molecule has 1 heterocycles. The van der Waals surface area contributed by atoms with Crippen LogP contribution in [0.5, 0.6) is 0 Å². The van der Waals surface area contributed by atoms with Crippen molar-refractivity contribution in [3.8, 4) is 0 Å². The number of ether oxygens (including phenoxy) is 3. The zero-order valence-corrected chi connectivity index (χ0v) is 12.7. The van der Waals surface area contributed by atoms with Crippen molar-refractivity contribution in [2.45, 2.75) is 31.0 Å². The van der Waals surface area contributed by atoms with Crippen LogP contribution >= 0.6 is 0 Å². The minimum atomic E-state index is -4.49. The Balaban J connectivity index is 1.75. The predicted octanol–water partition coefficient (Wildman–Crippen LogP) is 1.34. The molecule has 6 unspecified atom stereocenters. The van der Waals surface area contributed by atoms with Crippen molar-refractivity contribution in [3.63, 3.8) is 0 Å². The topological polar surface area (TPSA) is 78.9 Å². The highest BCUT2D eigenvalue weighted by Crippen LogP contribution is 2.59. The van der Waals surface area contributed by atoms with Crippen molar-refractivity contribution in [2.24, 2.45) is 23.7 Å². The Hall–Kier alpha value is -2.13. The van der Waals surface area contributed by atoms with Crippen LogP contribution < -0.4 is 0 Å². The van der Waals surface area contributed by atoms with E-state index in [4.69, 9.17) is 9.47 Å². The van der Waals surface area contributed by atoms with Gasteiger partial charge in [0.25, 0.3) is 0 Å². The summed E-state index contributed by atoms with van der Waals surface area (Å²) in [5.74, 6) is -10.3. The standard InChI is InChI=1S/C15H14F4O6/c1-2-7(20)24-10-5-3-6-9(13(22)25-11(6)10)8(5)12(21)23-4-15(18,19)14(16)17/h2,5-6,8-11,14H,1,3-4H2. The van der Waals surface area contributed by atoms with Crippen LogP contribution in [0.2, 0.25) is 0 Å². The molecule has 3 rings (SSSR count). The van der Waals surface area contributed by atoms with E-state index < -0.39 is 72.7 Å². The molecule has 0 aromatic rings. The average molecular weight is 366 g/mol. The molecule has 2 aliphatic carbocycles. The number of esters is 3. The second-order valence-electron chi connectivity index (χ2n) is 6.29. The molecule has 3 aliphatic rings. The highest BCUT2D eigenvalue weighted by molar-refractivity contribution is 5.87. The van der Waals surface area contributed by atoms with Gasteiger partial charge in [-0.05, 0) is 6.42 Å². The second kappa shape index (κ2) is 5.99. The van der Waals surface area contributed by atoms with Gasteiger partial charge in [0.15, 0.2) is 6.61 Å². The molecule has 0 spiro atoms. The van der Waals surface area contributed by atoms with E-state index in [1.54, 1.807) is 0 Å². The van der Waals surface area contributed by atoms with Crippen molar-refractivity contribution in [3.05, 3.63) is 12.7 Å². The highest BCUT2D eigenvalue weighted by atomic mass is 19.3. The molecule has 1 saturated heterocycles. The van der Waals surface area contributed by atoms with E-state index in [0.717, 1.165) is 6.08 Å². The van der Waals surface area contributed by atoms with Crippen molar-refractivity contribution in [1.82, 2.24) is 0 Å². The Morgan fingerprint density at radius 1 is 1.36 bits per heavy atom. The lowest BCUT2D eigenvalue weighted by Crippen LogP contribution is -2.44. The smallest absolute Gasteiger partial charge is 0.340 e. The molecule has 6 nitrogen and oxygen atoms in total. The summed E-state index contributed by atoms with van der Waals surface area (Å²) in [7, 11) is 0. The summed E-state index contributed by atoms with van der Waals surface area (Å²) in [6.45, 7) is 1.45. The molecule has 1 aliphatic heterocycles.